The fraction of sp³-hybridized carbons (Fsp3) is 0.643. The summed E-state index contributed by atoms with van der Waals surface area (Å²) in [5.41, 5.74) is 1.00. The van der Waals surface area contributed by atoms with Crippen molar-refractivity contribution in [3.8, 4) is 0 Å². The van der Waals surface area contributed by atoms with Gasteiger partial charge in [0.1, 0.15) is 12.1 Å². The number of carbonyl (C=O) groups is 1. The summed E-state index contributed by atoms with van der Waals surface area (Å²) in [5, 5.41) is 12.4. The van der Waals surface area contributed by atoms with Crippen LogP contribution in [0.3, 0.4) is 0 Å². The molecule has 1 aromatic heterocycles. The number of nitrogens with zero attached hydrogens (tertiary/aromatic N) is 2. The average Bonchev–Trinajstić information content (AvgIpc) is 2.39. The van der Waals surface area contributed by atoms with E-state index in [0.29, 0.717) is 12.3 Å². The fourth-order valence-electron chi connectivity index (χ4n) is 2.52. The summed E-state index contributed by atoms with van der Waals surface area (Å²) in [4.78, 5) is 19.5. The SMILES string of the molecule is CC(C)c1cc(NC2CCCC(C(=O)O)C2)ncn1. The molecule has 2 atom stereocenters. The van der Waals surface area contributed by atoms with Crippen molar-refractivity contribution in [1.82, 2.24) is 9.97 Å². The van der Waals surface area contributed by atoms with Gasteiger partial charge in [-0.3, -0.25) is 4.79 Å². The third kappa shape index (κ3) is 3.66. The summed E-state index contributed by atoms with van der Waals surface area (Å²) >= 11 is 0. The molecule has 5 nitrogen and oxygen atoms in total. The predicted molar refractivity (Wildman–Crippen MR) is 73.1 cm³/mol. The molecule has 0 spiro atoms. The summed E-state index contributed by atoms with van der Waals surface area (Å²) < 4.78 is 0. The number of hydrogen-bond donors (Lipinski definition) is 2. The summed E-state index contributed by atoms with van der Waals surface area (Å²) in [6, 6.07) is 2.15. The van der Waals surface area contributed by atoms with Gasteiger partial charge in [-0.15, -0.1) is 0 Å². The lowest BCUT2D eigenvalue weighted by Gasteiger charge is -2.27. The summed E-state index contributed by atoms with van der Waals surface area (Å²) in [6.07, 6.45) is 4.99. The van der Waals surface area contributed by atoms with Gasteiger partial charge in [0.2, 0.25) is 0 Å². The van der Waals surface area contributed by atoms with Gasteiger partial charge in [-0.25, -0.2) is 9.97 Å². The maximum Gasteiger partial charge on any atom is 0.306 e. The van der Waals surface area contributed by atoms with E-state index in [9.17, 15) is 4.79 Å². The minimum atomic E-state index is -0.683. The quantitative estimate of drug-likeness (QED) is 0.873. The Balaban J connectivity index is 2.00. The average molecular weight is 263 g/mol. The van der Waals surface area contributed by atoms with Crippen molar-refractivity contribution in [3.05, 3.63) is 18.1 Å². The molecule has 1 saturated carbocycles. The molecule has 1 aliphatic rings. The minimum Gasteiger partial charge on any atom is -0.481 e. The van der Waals surface area contributed by atoms with E-state index >= 15 is 0 Å². The molecule has 0 bridgehead atoms. The zero-order valence-corrected chi connectivity index (χ0v) is 11.5. The van der Waals surface area contributed by atoms with Gasteiger partial charge in [-0.2, -0.15) is 0 Å². The maximum absolute atomic E-state index is 11.0. The Labute approximate surface area is 113 Å². The first-order valence-corrected chi connectivity index (χ1v) is 6.87. The molecule has 19 heavy (non-hydrogen) atoms. The van der Waals surface area contributed by atoms with E-state index in [1.54, 1.807) is 6.33 Å². The molecule has 0 saturated heterocycles. The topological polar surface area (TPSA) is 75.1 Å². The van der Waals surface area contributed by atoms with Crippen molar-refractivity contribution in [2.24, 2.45) is 5.92 Å². The van der Waals surface area contributed by atoms with Crippen molar-refractivity contribution in [2.75, 3.05) is 5.32 Å². The van der Waals surface area contributed by atoms with Crippen LogP contribution in [-0.4, -0.2) is 27.1 Å². The predicted octanol–water partition coefficient (Wildman–Crippen LogP) is 2.66. The summed E-state index contributed by atoms with van der Waals surface area (Å²) in [6.45, 7) is 4.18. The Morgan fingerprint density at radius 1 is 1.42 bits per heavy atom. The first kappa shape index (κ1) is 13.8. The van der Waals surface area contributed by atoms with Gasteiger partial charge in [0.15, 0.2) is 0 Å². The standard InChI is InChI=1S/C14H21N3O2/c1-9(2)12-7-13(16-8-15-12)17-11-5-3-4-10(6-11)14(18)19/h7-11H,3-6H2,1-2H3,(H,18,19)(H,15,16,17). The van der Waals surface area contributed by atoms with E-state index in [1.807, 2.05) is 6.07 Å². The van der Waals surface area contributed by atoms with E-state index in [2.05, 4.69) is 29.1 Å². The van der Waals surface area contributed by atoms with Crippen LogP contribution in [0.1, 0.15) is 51.1 Å². The van der Waals surface area contributed by atoms with Crippen molar-refractivity contribution in [1.29, 1.82) is 0 Å². The molecule has 1 aliphatic carbocycles. The molecule has 0 aliphatic heterocycles. The summed E-state index contributed by atoms with van der Waals surface area (Å²) in [7, 11) is 0. The lowest BCUT2D eigenvalue weighted by Crippen LogP contribution is -2.31. The first-order valence-electron chi connectivity index (χ1n) is 6.87. The number of carboxylic acids is 1. The molecule has 0 amide bonds. The fourth-order valence-corrected chi connectivity index (χ4v) is 2.52. The molecule has 104 valence electrons. The Morgan fingerprint density at radius 2 is 2.21 bits per heavy atom. The van der Waals surface area contributed by atoms with E-state index in [1.165, 1.54) is 0 Å². The van der Waals surface area contributed by atoms with E-state index < -0.39 is 5.97 Å². The number of hydrogen-bond acceptors (Lipinski definition) is 4. The summed E-state index contributed by atoms with van der Waals surface area (Å²) in [5.74, 6) is 0.256. The second-order valence-electron chi connectivity index (χ2n) is 5.53. The molecular formula is C14H21N3O2. The Hall–Kier alpha value is -1.65. The van der Waals surface area contributed by atoms with Gasteiger partial charge in [0.25, 0.3) is 0 Å². The highest BCUT2D eigenvalue weighted by Gasteiger charge is 2.27. The van der Waals surface area contributed by atoms with Gasteiger partial charge in [-0.05, 0) is 25.2 Å². The molecule has 2 N–H and O–H groups in total. The van der Waals surface area contributed by atoms with Crippen molar-refractivity contribution >= 4 is 11.8 Å². The molecule has 2 unspecified atom stereocenters. The third-order valence-corrected chi connectivity index (χ3v) is 3.66. The van der Waals surface area contributed by atoms with E-state index in [-0.39, 0.29) is 12.0 Å². The minimum absolute atomic E-state index is 0.199. The largest absolute Gasteiger partial charge is 0.481 e. The van der Waals surface area contributed by atoms with Crippen LogP contribution in [0, 0.1) is 5.92 Å². The number of rotatable bonds is 4. The Morgan fingerprint density at radius 3 is 2.89 bits per heavy atom. The highest BCUT2D eigenvalue weighted by Crippen LogP contribution is 2.26. The molecule has 0 radical (unpaired) electrons. The first-order chi connectivity index (χ1) is 9.06. The van der Waals surface area contributed by atoms with Crippen LogP contribution >= 0.6 is 0 Å². The second kappa shape index (κ2) is 5.99. The van der Waals surface area contributed by atoms with Gasteiger partial charge < -0.3 is 10.4 Å². The van der Waals surface area contributed by atoms with E-state index in [0.717, 1.165) is 30.8 Å². The highest BCUT2D eigenvalue weighted by molar-refractivity contribution is 5.70. The van der Waals surface area contributed by atoms with Crippen LogP contribution in [0.25, 0.3) is 0 Å². The van der Waals surface area contributed by atoms with Crippen LogP contribution < -0.4 is 5.32 Å². The van der Waals surface area contributed by atoms with Crippen molar-refractivity contribution in [3.63, 3.8) is 0 Å². The van der Waals surface area contributed by atoms with Gasteiger partial charge in [0, 0.05) is 17.8 Å². The molecule has 5 heteroatoms. The van der Waals surface area contributed by atoms with Gasteiger partial charge in [0.05, 0.1) is 5.92 Å². The molecular weight excluding hydrogens is 242 g/mol. The highest BCUT2D eigenvalue weighted by atomic mass is 16.4. The second-order valence-corrected chi connectivity index (χ2v) is 5.53. The van der Waals surface area contributed by atoms with Crippen molar-refractivity contribution < 1.29 is 9.90 Å². The normalized spacial score (nSPS) is 23.3. The lowest BCUT2D eigenvalue weighted by molar-refractivity contribution is -0.142. The van der Waals surface area contributed by atoms with Crippen LogP contribution in [0.15, 0.2) is 12.4 Å². The van der Waals surface area contributed by atoms with Crippen molar-refractivity contribution in [2.45, 2.75) is 51.5 Å². The van der Waals surface area contributed by atoms with Crippen LogP contribution in [-0.2, 0) is 4.79 Å². The molecule has 1 heterocycles. The van der Waals surface area contributed by atoms with Crippen LogP contribution in [0.4, 0.5) is 5.82 Å². The number of aliphatic carboxylic acids is 1. The monoisotopic (exact) mass is 263 g/mol. The molecule has 1 aromatic rings. The Kier molecular flexibility index (Phi) is 4.35. The molecule has 2 rings (SSSR count). The number of carboxylic acid groups (broad SMARTS) is 1. The zero-order valence-electron chi connectivity index (χ0n) is 11.5. The number of anilines is 1. The number of nitrogens with one attached hydrogen (secondary N) is 1. The van der Waals surface area contributed by atoms with Crippen LogP contribution in [0.2, 0.25) is 0 Å². The zero-order chi connectivity index (χ0) is 13.8. The number of aromatic nitrogens is 2. The third-order valence-electron chi connectivity index (χ3n) is 3.66. The lowest BCUT2D eigenvalue weighted by atomic mass is 9.86. The van der Waals surface area contributed by atoms with Gasteiger partial charge in [-0.1, -0.05) is 20.3 Å². The molecule has 0 aromatic carbocycles. The Bertz CT molecular complexity index is 448. The molecule has 1 fully saturated rings. The van der Waals surface area contributed by atoms with Gasteiger partial charge >= 0.3 is 5.97 Å². The maximum atomic E-state index is 11.0. The smallest absolute Gasteiger partial charge is 0.306 e. The van der Waals surface area contributed by atoms with Crippen LogP contribution in [0.5, 0.6) is 0 Å². The van der Waals surface area contributed by atoms with E-state index in [4.69, 9.17) is 5.11 Å².